The van der Waals surface area contributed by atoms with Gasteiger partial charge in [0.05, 0.1) is 19.6 Å². The SMILES string of the molecule is COc1ccc(C2(O)c3ccc(N=O)c(C)c3OCC2c2ccc(O)c(N=O)c2)cc1. The third-order valence-corrected chi connectivity index (χ3v) is 5.82. The van der Waals surface area contributed by atoms with Gasteiger partial charge in [-0.3, -0.25) is 0 Å². The maximum Gasteiger partial charge on any atom is 0.149 e. The number of fused-ring (bicyclic) bond motifs is 1. The number of aromatic hydroxyl groups is 1. The molecule has 0 fully saturated rings. The molecule has 0 saturated heterocycles. The first-order chi connectivity index (χ1) is 14.9. The first-order valence-corrected chi connectivity index (χ1v) is 9.57. The van der Waals surface area contributed by atoms with Crippen LogP contribution in [-0.4, -0.2) is 23.9 Å². The molecule has 0 aromatic heterocycles. The largest absolute Gasteiger partial charge is 0.506 e. The molecular formula is C23H20N2O6. The summed E-state index contributed by atoms with van der Waals surface area (Å²) in [6, 6.07) is 14.6. The molecule has 0 saturated carbocycles. The van der Waals surface area contributed by atoms with E-state index in [-0.39, 0.29) is 23.7 Å². The number of benzene rings is 3. The number of methoxy groups -OCH3 is 1. The van der Waals surface area contributed by atoms with Crippen LogP contribution in [0.5, 0.6) is 17.2 Å². The highest BCUT2D eigenvalue weighted by atomic mass is 16.5. The fraction of sp³-hybridized carbons (Fsp3) is 0.217. The smallest absolute Gasteiger partial charge is 0.149 e. The van der Waals surface area contributed by atoms with Crippen molar-refractivity contribution in [3.8, 4) is 17.2 Å². The quantitative estimate of drug-likeness (QED) is 0.566. The fourth-order valence-corrected chi connectivity index (χ4v) is 4.11. The third-order valence-electron chi connectivity index (χ3n) is 5.82. The third kappa shape index (κ3) is 3.21. The molecule has 31 heavy (non-hydrogen) atoms. The molecule has 4 rings (SSSR count). The van der Waals surface area contributed by atoms with E-state index in [0.717, 1.165) is 0 Å². The number of phenols is 1. The van der Waals surface area contributed by atoms with Gasteiger partial charge in [-0.15, -0.1) is 9.81 Å². The molecule has 3 aromatic rings. The van der Waals surface area contributed by atoms with Crippen molar-refractivity contribution in [1.82, 2.24) is 0 Å². The van der Waals surface area contributed by atoms with E-state index in [9.17, 15) is 20.0 Å². The topological polar surface area (TPSA) is 118 Å². The Labute approximate surface area is 178 Å². The highest BCUT2D eigenvalue weighted by Crippen LogP contribution is 2.52. The zero-order valence-corrected chi connectivity index (χ0v) is 16.9. The Hall–Kier alpha value is -3.78. The van der Waals surface area contributed by atoms with Crippen LogP contribution in [0.4, 0.5) is 11.4 Å². The Morgan fingerprint density at radius 3 is 2.39 bits per heavy atom. The molecule has 1 heterocycles. The molecular weight excluding hydrogens is 400 g/mol. The molecule has 0 amide bonds. The Balaban J connectivity index is 1.96. The van der Waals surface area contributed by atoms with Crippen molar-refractivity contribution in [2.24, 2.45) is 10.4 Å². The van der Waals surface area contributed by atoms with Crippen LogP contribution < -0.4 is 9.47 Å². The van der Waals surface area contributed by atoms with E-state index in [0.29, 0.717) is 33.8 Å². The van der Waals surface area contributed by atoms with Crippen molar-refractivity contribution in [3.63, 3.8) is 0 Å². The molecule has 2 N–H and O–H groups in total. The van der Waals surface area contributed by atoms with Crippen molar-refractivity contribution >= 4 is 11.4 Å². The van der Waals surface area contributed by atoms with Gasteiger partial charge in [-0.2, -0.15) is 0 Å². The number of ether oxygens (including phenoxy) is 2. The second-order valence-electron chi connectivity index (χ2n) is 7.38. The molecule has 8 heteroatoms. The van der Waals surface area contributed by atoms with E-state index in [4.69, 9.17) is 9.47 Å². The zero-order valence-electron chi connectivity index (χ0n) is 16.9. The molecule has 1 aliphatic rings. The number of hydrogen-bond acceptors (Lipinski definition) is 8. The van der Waals surface area contributed by atoms with Gasteiger partial charge >= 0.3 is 0 Å². The second kappa shape index (κ2) is 7.81. The second-order valence-corrected chi connectivity index (χ2v) is 7.38. The minimum absolute atomic E-state index is 0.0573. The molecule has 0 spiro atoms. The van der Waals surface area contributed by atoms with Crippen LogP contribution in [0.15, 0.2) is 65.0 Å². The zero-order chi connectivity index (χ0) is 22.2. The van der Waals surface area contributed by atoms with Crippen LogP contribution in [0, 0.1) is 16.7 Å². The summed E-state index contributed by atoms with van der Waals surface area (Å²) in [4.78, 5) is 22.3. The summed E-state index contributed by atoms with van der Waals surface area (Å²) in [7, 11) is 1.55. The van der Waals surface area contributed by atoms with Crippen molar-refractivity contribution in [2.45, 2.75) is 18.4 Å². The van der Waals surface area contributed by atoms with Gasteiger partial charge in [-0.05, 0) is 64.8 Å². The average Bonchev–Trinajstić information content (AvgIpc) is 2.80. The predicted octanol–water partition coefficient (Wildman–Crippen LogP) is 4.92. The highest BCUT2D eigenvalue weighted by molar-refractivity contribution is 5.62. The first kappa shape index (κ1) is 20.5. The average molecular weight is 420 g/mol. The van der Waals surface area contributed by atoms with Crippen molar-refractivity contribution in [3.05, 3.63) is 86.7 Å². The van der Waals surface area contributed by atoms with E-state index in [1.54, 1.807) is 50.4 Å². The van der Waals surface area contributed by atoms with E-state index in [2.05, 4.69) is 10.4 Å². The predicted molar refractivity (Wildman–Crippen MR) is 114 cm³/mol. The summed E-state index contributed by atoms with van der Waals surface area (Å²) in [5.41, 5.74) is 0.660. The first-order valence-electron chi connectivity index (χ1n) is 9.57. The van der Waals surface area contributed by atoms with E-state index >= 15 is 0 Å². The van der Waals surface area contributed by atoms with Gasteiger partial charge in [0.1, 0.15) is 34.2 Å². The monoisotopic (exact) mass is 420 g/mol. The Morgan fingerprint density at radius 2 is 1.74 bits per heavy atom. The van der Waals surface area contributed by atoms with E-state index in [1.165, 1.54) is 18.2 Å². The van der Waals surface area contributed by atoms with Crippen LogP contribution in [0.2, 0.25) is 0 Å². The minimum Gasteiger partial charge on any atom is -0.506 e. The molecule has 8 nitrogen and oxygen atoms in total. The molecule has 2 unspecified atom stereocenters. The number of aliphatic hydroxyl groups is 1. The van der Waals surface area contributed by atoms with Gasteiger partial charge in [0.15, 0.2) is 0 Å². The van der Waals surface area contributed by atoms with Crippen LogP contribution in [0.1, 0.15) is 28.2 Å². The highest BCUT2D eigenvalue weighted by Gasteiger charge is 2.47. The standard InChI is InChI=1S/C23H20N2O6/c1-13-19(24-28)9-8-17-22(13)31-12-18(14-3-10-21(26)20(11-14)25-29)23(17,27)15-4-6-16(30-2)7-5-15/h3-11,18,26-27H,12H2,1-2H3. The Morgan fingerprint density at radius 1 is 1.03 bits per heavy atom. The van der Waals surface area contributed by atoms with Crippen molar-refractivity contribution < 1.29 is 19.7 Å². The molecule has 0 bridgehead atoms. The normalized spacial score (nSPS) is 19.8. The van der Waals surface area contributed by atoms with Crippen LogP contribution in [-0.2, 0) is 5.60 Å². The fourth-order valence-electron chi connectivity index (χ4n) is 4.11. The Bertz CT molecular complexity index is 1160. The molecule has 0 radical (unpaired) electrons. The van der Waals surface area contributed by atoms with Gasteiger partial charge in [-0.1, -0.05) is 18.2 Å². The molecule has 3 aromatic carbocycles. The molecule has 158 valence electrons. The lowest BCUT2D eigenvalue weighted by Crippen LogP contribution is -2.42. The van der Waals surface area contributed by atoms with Gasteiger partial charge in [0.25, 0.3) is 0 Å². The maximum atomic E-state index is 12.2. The van der Waals surface area contributed by atoms with Gasteiger partial charge in [0.2, 0.25) is 0 Å². The minimum atomic E-state index is -1.57. The van der Waals surface area contributed by atoms with Crippen LogP contribution in [0.3, 0.4) is 0 Å². The lowest BCUT2D eigenvalue weighted by Gasteiger charge is -2.42. The van der Waals surface area contributed by atoms with Crippen LogP contribution >= 0.6 is 0 Å². The summed E-state index contributed by atoms with van der Waals surface area (Å²) < 4.78 is 11.2. The van der Waals surface area contributed by atoms with Gasteiger partial charge in [0, 0.05) is 11.1 Å². The number of rotatable bonds is 5. The van der Waals surface area contributed by atoms with E-state index < -0.39 is 11.5 Å². The van der Waals surface area contributed by atoms with Gasteiger partial charge < -0.3 is 19.7 Å². The van der Waals surface area contributed by atoms with Crippen LogP contribution in [0.25, 0.3) is 0 Å². The Kier molecular flexibility index (Phi) is 5.16. The van der Waals surface area contributed by atoms with Crippen molar-refractivity contribution in [1.29, 1.82) is 0 Å². The number of hydrogen-bond donors (Lipinski definition) is 2. The van der Waals surface area contributed by atoms with Crippen molar-refractivity contribution in [2.75, 3.05) is 13.7 Å². The summed E-state index contributed by atoms with van der Waals surface area (Å²) in [5.74, 6) is 0.134. The maximum absolute atomic E-state index is 12.2. The lowest BCUT2D eigenvalue weighted by molar-refractivity contribution is 0.0104. The summed E-state index contributed by atoms with van der Waals surface area (Å²) >= 11 is 0. The number of nitrogens with zero attached hydrogens (tertiary/aromatic N) is 2. The summed E-state index contributed by atoms with van der Waals surface area (Å²) in [5, 5.41) is 27.9. The molecule has 0 aliphatic carbocycles. The lowest BCUT2D eigenvalue weighted by atomic mass is 9.71. The van der Waals surface area contributed by atoms with E-state index in [1.807, 2.05) is 0 Å². The summed E-state index contributed by atoms with van der Waals surface area (Å²) in [6.07, 6.45) is 0. The molecule has 2 atom stereocenters. The summed E-state index contributed by atoms with van der Waals surface area (Å²) in [6.45, 7) is 1.76. The van der Waals surface area contributed by atoms with Gasteiger partial charge in [-0.25, -0.2) is 0 Å². The number of nitroso groups, excluding NO2 is 2. The molecule has 1 aliphatic heterocycles. The number of phenolic OH excluding ortho intramolecular Hbond substituents is 1.